The molecule has 0 amide bonds. The molecule has 16 heavy (non-hydrogen) atoms. The lowest BCUT2D eigenvalue weighted by atomic mass is 10.1. The molecule has 5 heteroatoms. The van der Waals surface area contributed by atoms with Crippen LogP contribution in [0.4, 0.5) is 0 Å². The molecule has 0 spiro atoms. The molecule has 1 rings (SSSR count). The van der Waals surface area contributed by atoms with Crippen LogP contribution < -0.4 is 0 Å². The van der Waals surface area contributed by atoms with Crippen LogP contribution in [-0.2, 0) is 9.59 Å². The lowest BCUT2D eigenvalue weighted by Crippen LogP contribution is -1.99. The van der Waals surface area contributed by atoms with Crippen molar-refractivity contribution in [3.05, 3.63) is 40.4 Å². The summed E-state index contributed by atoms with van der Waals surface area (Å²) in [6.45, 7) is 0. The van der Waals surface area contributed by atoms with Crippen molar-refractivity contribution in [1.82, 2.24) is 0 Å². The van der Waals surface area contributed by atoms with Gasteiger partial charge >= 0.3 is 5.97 Å². The number of carboxylic acid groups (broad SMARTS) is 1. The minimum atomic E-state index is -1.10. The molecule has 0 fully saturated rings. The largest absolute Gasteiger partial charge is 0.481 e. The summed E-state index contributed by atoms with van der Waals surface area (Å²) >= 11 is 11.6. The summed E-state index contributed by atoms with van der Waals surface area (Å²) in [4.78, 5) is 21.2. The molecule has 0 aliphatic carbocycles. The summed E-state index contributed by atoms with van der Waals surface area (Å²) in [7, 11) is 0. The van der Waals surface area contributed by atoms with Gasteiger partial charge in [0.2, 0.25) is 0 Å². The number of aliphatic carboxylic acids is 1. The SMILES string of the molecule is O=C/C(CC(=O)O)=C(/Cl)c1ccc(Cl)cc1. The highest BCUT2D eigenvalue weighted by Gasteiger charge is 2.10. The average Bonchev–Trinajstić information content (AvgIpc) is 2.25. The number of carboxylic acids is 1. The Morgan fingerprint density at radius 3 is 2.31 bits per heavy atom. The Bertz CT molecular complexity index is 435. The van der Waals surface area contributed by atoms with Gasteiger partial charge in [0.1, 0.15) is 6.29 Å². The highest BCUT2D eigenvalue weighted by atomic mass is 35.5. The first-order valence-electron chi connectivity index (χ1n) is 4.36. The Morgan fingerprint density at radius 1 is 1.31 bits per heavy atom. The van der Waals surface area contributed by atoms with E-state index >= 15 is 0 Å². The second-order valence-corrected chi connectivity index (χ2v) is 3.85. The van der Waals surface area contributed by atoms with Crippen molar-refractivity contribution in [2.45, 2.75) is 6.42 Å². The molecule has 1 N–H and O–H groups in total. The first-order chi connectivity index (χ1) is 7.54. The van der Waals surface area contributed by atoms with E-state index in [0.717, 1.165) is 0 Å². The Labute approximate surface area is 102 Å². The van der Waals surface area contributed by atoms with Gasteiger partial charge in [0.25, 0.3) is 0 Å². The van der Waals surface area contributed by atoms with Gasteiger partial charge in [-0.1, -0.05) is 35.3 Å². The van der Waals surface area contributed by atoms with Crippen LogP contribution in [-0.4, -0.2) is 17.4 Å². The second-order valence-electron chi connectivity index (χ2n) is 3.03. The summed E-state index contributed by atoms with van der Waals surface area (Å²) in [5.41, 5.74) is 0.603. The van der Waals surface area contributed by atoms with Crippen molar-refractivity contribution in [3.63, 3.8) is 0 Å². The number of hydrogen-bond donors (Lipinski definition) is 1. The molecule has 0 unspecified atom stereocenters. The molecular weight excluding hydrogens is 251 g/mol. The molecule has 84 valence electrons. The molecule has 0 aliphatic rings. The molecular formula is C11H8Cl2O3. The van der Waals surface area contributed by atoms with Crippen molar-refractivity contribution in [2.24, 2.45) is 0 Å². The maximum atomic E-state index is 10.7. The number of rotatable bonds is 4. The summed E-state index contributed by atoms with van der Waals surface area (Å²) < 4.78 is 0. The molecule has 0 saturated heterocycles. The summed E-state index contributed by atoms with van der Waals surface area (Å²) in [6, 6.07) is 6.47. The molecule has 0 saturated carbocycles. The van der Waals surface area contributed by atoms with Crippen LogP contribution in [0.3, 0.4) is 0 Å². The smallest absolute Gasteiger partial charge is 0.307 e. The maximum absolute atomic E-state index is 10.7. The minimum Gasteiger partial charge on any atom is -0.481 e. The van der Waals surface area contributed by atoms with Crippen LogP contribution in [0.2, 0.25) is 5.02 Å². The summed E-state index contributed by atoms with van der Waals surface area (Å²) in [5, 5.41) is 9.26. The van der Waals surface area contributed by atoms with E-state index < -0.39 is 12.4 Å². The van der Waals surface area contributed by atoms with E-state index in [-0.39, 0.29) is 10.6 Å². The quantitative estimate of drug-likeness (QED) is 0.668. The van der Waals surface area contributed by atoms with Gasteiger partial charge in [0.15, 0.2) is 0 Å². The van der Waals surface area contributed by atoms with E-state index in [1.165, 1.54) is 0 Å². The van der Waals surface area contributed by atoms with Gasteiger partial charge in [-0.05, 0) is 17.7 Å². The number of hydrogen-bond acceptors (Lipinski definition) is 2. The lowest BCUT2D eigenvalue weighted by Gasteiger charge is -2.03. The highest BCUT2D eigenvalue weighted by molar-refractivity contribution is 6.50. The van der Waals surface area contributed by atoms with Crippen LogP contribution in [0.1, 0.15) is 12.0 Å². The summed E-state index contributed by atoms with van der Waals surface area (Å²) in [6.07, 6.45) is 0.0516. The standard InChI is InChI=1S/C11H8Cl2O3/c12-9-3-1-7(2-4-9)11(13)8(6-14)5-10(15)16/h1-4,6H,5H2,(H,15,16)/b11-8+. The van der Waals surface area contributed by atoms with E-state index in [0.29, 0.717) is 16.9 Å². The zero-order valence-electron chi connectivity index (χ0n) is 8.11. The van der Waals surface area contributed by atoms with Crippen LogP contribution in [0, 0.1) is 0 Å². The van der Waals surface area contributed by atoms with Gasteiger partial charge in [0, 0.05) is 10.6 Å². The summed E-state index contributed by atoms with van der Waals surface area (Å²) in [5.74, 6) is -1.10. The second kappa shape index (κ2) is 5.68. The van der Waals surface area contributed by atoms with E-state index in [1.807, 2.05) is 0 Å². The maximum Gasteiger partial charge on any atom is 0.307 e. The van der Waals surface area contributed by atoms with Gasteiger partial charge in [-0.2, -0.15) is 0 Å². The minimum absolute atomic E-state index is 0.0384. The Hall–Kier alpha value is -1.32. The fourth-order valence-corrected chi connectivity index (χ4v) is 1.48. The molecule has 1 aromatic rings. The zero-order chi connectivity index (χ0) is 12.1. The first-order valence-corrected chi connectivity index (χ1v) is 5.11. The van der Waals surface area contributed by atoms with Crippen LogP contribution in [0.25, 0.3) is 5.03 Å². The molecule has 0 radical (unpaired) electrons. The fraction of sp³-hybridized carbons (Fsp3) is 0.0909. The van der Waals surface area contributed by atoms with Crippen molar-refractivity contribution < 1.29 is 14.7 Å². The van der Waals surface area contributed by atoms with Gasteiger partial charge in [-0.15, -0.1) is 0 Å². The van der Waals surface area contributed by atoms with Gasteiger partial charge < -0.3 is 5.11 Å². The topological polar surface area (TPSA) is 54.4 Å². The zero-order valence-corrected chi connectivity index (χ0v) is 9.63. The van der Waals surface area contributed by atoms with Gasteiger partial charge in [-0.25, -0.2) is 0 Å². The number of aldehydes is 1. The van der Waals surface area contributed by atoms with E-state index in [2.05, 4.69) is 0 Å². The number of halogens is 2. The first kappa shape index (κ1) is 12.7. The van der Waals surface area contributed by atoms with E-state index in [9.17, 15) is 9.59 Å². The molecule has 0 aliphatic heterocycles. The number of carbonyl (C=O) groups excluding carboxylic acids is 1. The Balaban J connectivity index is 3.09. The van der Waals surface area contributed by atoms with Crippen LogP contribution >= 0.6 is 23.2 Å². The lowest BCUT2D eigenvalue weighted by molar-refractivity contribution is -0.136. The molecule has 0 heterocycles. The third-order valence-corrected chi connectivity index (χ3v) is 2.58. The predicted molar refractivity (Wildman–Crippen MR) is 62.5 cm³/mol. The Kier molecular flexibility index (Phi) is 4.52. The molecule has 0 bridgehead atoms. The van der Waals surface area contributed by atoms with Crippen molar-refractivity contribution in [3.8, 4) is 0 Å². The predicted octanol–water partition coefficient (Wildman–Crippen LogP) is 2.96. The molecule has 0 aromatic heterocycles. The fourth-order valence-electron chi connectivity index (χ4n) is 1.12. The van der Waals surface area contributed by atoms with Gasteiger partial charge in [-0.3, -0.25) is 9.59 Å². The average molecular weight is 259 g/mol. The molecule has 3 nitrogen and oxygen atoms in total. The monoisotopic (exact) mass is 258 g/mol. The van der Waals surface area contributed by atoms with Gasteiger partial charge in [0.05, 0.1) is 11.5 Å². The third kappa shape index (κ3) is 3.36. The van der Waals surface area contributed by atoms with Crippen LogP contribution in [0.15, 0.2) is 29.8 Å². The van der Waals surface area contributed by atoms with Crippen molar-refractivity contribution in [2.75, 3.05) is 0 Å². The normalized spacial score (nSPS) is 11.9. The van der Waals surface area contributed by atoms with Crippen molar-refractivity contribution in [1.29, 1.82) is 0 Å². The number of carbonyl (C=O) groups is 2. The molecule has 0 atom stereocenters. The third-order valence-electron chi connectivity index (χ3n) is 1.86. The highest BCUT2D eigenvalue weighted by Crippen LogP contribution is 2.25. The van der Waals surface area contributed by atoms with Crippen LogP contribution in [0.5, 0.6) is 0 Å². The Morgan fingerprint density at radius 2 is 1.88 bits per heavy atom. The van der Waals surface area contributed by atoms with Crippen molar-refractivity contribution >= 4 is 40.5 Å². The molecule has 1 aromatic carbocycles. The number of benzene rings is 1. The van der Waals surface area contributed by atoms with E-state index in [1.54, 1.807) is 24.3 Å². The van der Waals surface area contributed by atoms with E-state index in [4.69, 9.17) is 28.3 Å².